The smallest absolute Gasteiger partial charge is 0.308 e. The number of carboxylic acids is 1. The molecule has 0 amide bonds. The molecule has 2 atom stereocenters. The SMILES string of the molecule is Cn1cc(CCNC2CCC2C(=O)O)cn1. The van der Waals surface area contributed by atoms with Crippen LogP contribution in [-0.2, 0) is 18.3 Å². The Morgan fingerprint density at radius 3 is 3.00 bits per heavy atom. The van der Waals surface area contributed by atoms with E-state index in [-0.39, 0.29) is 12.0 Å². The number of hydrogen-bond acceptors (Lipinski definition) is 3. The maximum absolute atomic E-state index is 10.8. The average Bonchev–Trinajstić information content (AvgIpc) is 2.56. The Kier molecular flexibility index (Phi) is 3.24. The van der Waals surface area contributed by atoms with Crippen molar-refractivity contribution in [2.45, 2.75) is 25.3 Å². The third kappa shape index (κ3) is 2.41. The summed E-state index contributed by atoms with van der Waals surface area (Å²) in [5.41, 5.74) is 1.18. The average molecular weight is 223 g/mol. The molecule has 5 heteroatoms. The summed E-state index contributed by atoms with van der Waals surface area (Å²) in [7, 11) is 1.89. The van der Waals surface area contributed by atoms with Gasteiger partial charge in [0.25, 0.3) is 0 Å². The summed E-state index contributed by atoms with van der Waals surface area (Å²) < 4.78 is 1.78. The van der Waals surface area contributed by atoms with Gasteiger partial charge in [-0.25, -0.2) is 0 Å². The van der Waals surface area contributed by atoms with Crippen molar-refractivity contribution >= 4 is 5.97 Å². The molecule has 1 aliphatic rings. The lowest BCUT2D eigenvalue weighted by Gasteiger charge is -2.34. The quantitative estimate of drug-likeness (QED) is 0.759. The highest BCUT2D eigenvalue weighted by atomic mass is 16.4. The zero-order valence-corrected chi connectivity index (χ0v) is 9.39. The lowest BCUT2D eigenvalue weighted by Crippen LogP contribution is -2.48. The fraction of sp³-hybridized carbons (Fsp3) is 0.636. The number of aromatic nitrogens is 2. The minimum atomic E-state index is -0.676. The second-order valence-electron chi connectivity index (χ2n) is 4.35. The summed E-state index contributed by atoms with van der Waals surface area (Å²) in [6.45, 7) is 0.820. The number of aryl methyl sites for hydroxylation is 1. The summed E-state index contributed by atoms with van der Waals surface area (Å²) in [4.78, 5) is 10.8. The highest BCUT2D eigenvalue weighted by Gasteiger charge is 2.35. The van der Waals surface area contributed by atoms with Crippen molar-refractivity contribution in [2.24, 2.45) is 13.0 Å². The first-order valence-corrected chi connectivity index (χ1v) is 5.60. The zero-order valence-electron chi connectivity index (χ0n) is 9.39. The fourth-order valence-electron chi connectivity index (χ4n) is 2.04. The van der Waals surface area contributed by atoms with E-state index in [0.29, 0.717) is 0 Å². The van der Waals surface area contributed by atoms with Gasteiger partial charge in [0.05, 0.1) is 12.1 Å². The second-order valence-corrected chi connectivity index (χ2v) is 4.35. The molecular formula is C11H17N3O2. The van der Waals surface area contributed by atoms with E-state index in [4.69, 9.17) is 5.11 Å². The van der Waals surface area contributed by atoms with Gasteiger partial charge in [-0.15, -0.1) is 0 Å². The molecule has 1 aliphatic carbocycles. The van der Waals surface area contributed by atoms with E-state index >= 15 is 0 Å². The largest absolute Gasteiger partial charge is 0.481 e. The topological polar surface area (TPSA) is 67.2 Å². The second kappa shape index (κ2) is 4.65. The molecule has 1 saturated carbocycles. The maximum Gasteiger partial charge on any atom is 0.308 e. The van der Waals surface area contributed by atoms with E-state index in [1.54, 1.807) is 4.68 Å². The van der Waals surface area contributed by atoms with Crippen molar-refractivity contribution in [3.05, 3.63) is 18.0 Å². The van der Waals surface area contributed by atoms with Crippen LogP contribution in [0.25, 0.3) is 0 Å². The Balaban J connectivity index is 1.70. The van der Waals surface area contributed by atoms with Crippen LogP contribution in [0.15, 0.2) is 12.4 Å². The van der Waals surface area contributed by atoms with Crippen LogP contribution >= 0.6 is 0 Å². The molecule has 2 N–H and O–H groups in total. The van der Waals surface area contributed by atoms with Crippen LogP contribution in [0.5, 0.6) is 0 Å². The molecule has 1 heterocycles. The van der Waals surface area contributed by atoms with Gasteiger partial charge in [-0.3, -0.25) is 9.48 Å². The number of carboxylic acid groups (broad SMARTS) is 1. The highest BCUT2D eigenvalue weighted by molar-refractivity contribution is 5.72. The maximum atomic E-state index is 10.8. The zero-order chi connectivity index (χ0) is 11.5. The van der Waals surface area contributed by atoms with Gasteiger partial charge >= 0.3 is 5.97 Å². The minimum Gasteiger partial charge on any atom is -0.481 e. The highest BCUT2D eigenvalue weighted by Crippen LogP contribution is 2.27. The van der Waals surface area contributed by atoms with Gasteiger partial charge < -0.3 is 10.4 Å². The number of aliphatic carboxylic acids is 1. The van der Waals surface area contributed by atoms with Crippen molar-refractivity contribution in [3.8, 4) is 0 Å². The van der Waals surface area contributed by atoms with E-state index in [1.807, 2.05) is 19.4 Å². The van der Waals surface area contributed by atoms with Crippen molar-refractivity contribution in [3.63, 3.8) is 0 Å². The van der Waals surface area contributed by atoms with Crippen LogP contribution in [0.1, 0.15) is 18.4 Å². The minimum absolute atomic E-state index is 0.161. The standard InChI is InChI=1S/C11H17N3O2/c1-14-7-8(6-13-14)4-5-12-10-3-2-9(10)11(15)16/h6-7,9-10,12H,2-5H2,1H3,(H,15,16). The lowest BCUT2D eigenvalue weighted by atomic mass is 9.79. The molecule has 0 aromatic carbocycles. The van der Waals surface area contributed by atoms with Crippen LogP contribution in [-0.4, -0.2) is 33.4 Å². The van der Waals surface area contributed by atoms with Gasteiger partial charge in [-0.1, -0.05) is 0 Å². The number of rotatable bonds is 5. The molecule has 88 valence electrons. The number of carbonyl (C=O) groups is 1. The lowest BCUT2D eigenvalue weighted by molar-refractivity contribution is -0.146. The van der Waals surface area contributed by atoms with E-state index in [2.05, 4.69) is 10.4 Å². The van der Waals surface area contributed by atoms with Crippen LogP contribution in [0.2, 0.25) is 0 Å². The molecule has 0 radical (unpaired) electrons. The van der Waals surface area contributed by atoms with E-state index in [1.165, 1.54) is 5.56 Å². The first-order valence-electron chi connectivity index (χ1n) is 5.60. The predicted octanol–water partition coefficient (Wildman–Crippen LogP) is 0.415. The monoisotopic (exact) mass is 223 g/mol. The van der Waals surface area contributed by atoms with Crippen molar-refractivity contribution < 1.29 is 9.90 Å². The van der Waals surface area contributed by atoms with Gasteiger partial charge in [0, 0.05) is 19.3 Å². The van der Waals surface area contributed by atoms with Crippen LogP contribution in [0, 0.1) is 5.92 Å². The molecule has 5 nitrogen and oxygen atoms in total. The Bertz CT molecular complexity index is 375. The number of hydrogen-bond donors (Lipinski definition) is 2. The Morgan fingerprint density at radius 1 is 1.69 bits per heavy atom. The molecule has 1 aromatic heterocycles. The van der Waals surface area contributed by atoms with Crippen molar-refractivity contribution in [1.82, 2.24) is 15.1 Å². The normalized spacial score (nSPS) is 24.1. The van der Waals surface area contributed by atoms with Crippen LogP contribution < -0.4 is 5.32 Å². The van der Waals surface area contributed by atoms with Crippen LogP contribution in [0.3, 0.4) is 0 Å². The molecule has 2 rings (SSSR count). The Morgan fingerprint density at radius 2 is 2.50 bits per heavy atom. The third-order valence-electron chi connectivity index (χ3n) is 3.17. The third-order valence-corrected chi connectivity index (χ3v) is 3.17. The van der Waals surface area contributed by atoms with E-state index in [0.717, 1.165) is 25.8 Å². The molecule has 1 fully saturated rings. The van der Waals surface area contributed by atoms with E-state index in [9.17, 15) is 4.79 Å². The molecule has 0 aliphatic heterocycles. The summed E-state index contributed by atoms with van der Waals surface area (Å²) >= 11 is 0. The first kappa shape index (κ1) is 11.1. The molecule has 0 spiro atoms. The van der Waals surface area contributed by atoms with Crippen molar-refractivity contribution in [2.75, 3.05) is 6.54 Å². The van der Waals surface area contributed by atoms with Gasteiger partial charge in [-0.05, 0) is 31.4 Å². The first-order chi connectivity index (χ1) is 7.66. The molecule has 1 aromatic rings. The van der Waals surface area contributed by atoms with Gasteiger partial charge in [0.1, 0.15) is 0 Å². The van der Waals surface area contributed by atoms with Crippen LogP contribution in [0.4, 0.5) is 0 Å². The summed E-state index contributed by atoms with van der Waals surface area (Å²) in [6, 6.07) is 0.161. The van der Waals surface area contributed by atoms with Gasteiger partial charge in [0.2, 0.25) is 0 Å². The Labute approximate surface area is 94.5 Å². The number of nitrogens with one attached hydrogen (secondary N) is 1. The van der Waals surface area contributed by atoms with E-state index < -0.39 is 5.97 Å². The predicted molar refractivity (Wildman–Crippen MR) is 59.1 cm³/mol. The summed E-state index contributed by atoms with van der Waals surface area (Å²) in [6.07, 6.45) is 6.51. The molecular weight excluding hydrogens is 206 g/mol. The summed E-state index contributed by atoms with van der Waals surface area (Å²) in [5.74, 6) is -0.862. The molecule has 0 saturated heterocycles. The van der Waals surface area contributed by atoms with Crippen molar-refractivity contribution in [1.29, 1.82) is 0 Å². The van der Waals surface area contributed by atoms with Gasteiger partial charge in [-0.2, -0.15) is 5.10 Å². The molecule has 16 heavy (non-hydrogen) atoms. The Hall–Kier alpha value is -1.36. The number of nitrogens with zero attached hydrogens (tertiary/aromatic N) is 2. The molecule has 0 bridgehead atoms. The summed E-state index contributed by atoms with van der Waals surface area (Å²) in [5, 5.41) is 16.2. The molecule has 2 unspecified atom stereocenters. The fourth-order valence-corrected chi connectivity index (χ4v) is 2.04. The van der Waals surface area contributed by atoms with Gasteiger partial charge in [0.15, 0.2) is 0 Å².